The molecule has 8 heteroatoms. The molecule has 2 N–H and O–H groups in total. The van der Waals surface area contributed by atoms with Gasteiger partial charge in [-0.2, -0.15) is 0 Å². The summed E-state index contributed by atoms with van der Waals surface area (Å²) in [5.74, 6) is 0.134. The molecule has 0 aliphatic carbocycles. The number of piperidine rings is 1. The third-order valence-electron chi connectivity index (χ3n) is 5.19. The number of carbonyl (C=O) groups is 1. The number of likely N-dealkylation sites (tertiary alicyclic amines) is 1. The molecule has 0 unspecified atom stereocenters. The number of nitrogens with zero attached hydrogens (tertiary/aromatic N) is 1. The molecule has 1 aromatic heterocycles. The maximum atomic E-state index is 12.6. The number of carbonyl (C=O) groups excluding carboxylic acids is 1. The van der Waals surface area contributed by atoms with Gasteiger partial charge in [0.05, 0.1) is 4.90 Å². The second-order valence-corrected chi connectivity index (χ2v) is 10.6. The molecular formula is C21H29N3O3S2. The highest BCUT2D eigenvalue weighted by molar-refractivity contribution is 7.89. The lowest BCUT2D eigenvalue weighted by atomic mass is 9.97. The molecule has 2 heterocycles. The molecule has 0 atom stereocenters. The molecule has 1 saturated heterocycles. The number of nitrogens with one attached hydrogen (secondary N) is 2. The molecule has 1 aliphatic rings. The van der Waals surface area contributed by atoms with Crippen LogP contribution < -0.4 is 10.0 Å². The number of hydrogen-bond donors (Lipinski definition) is 2. The molecular weight excluding hydrogens is 406 g/mol. The van der Waals surface area contributed by atoms with Gasteiger partial charge in [-0.3, -0.25) is 9.69 Å². The summed E-state index contributed by atoms with van der Waals surface area (Å²) in [7, 11) is -3.55. The third-order valence-corrected chi connectivity index (χ3v) is 7.49. The quantitative estimate of drug-likeness (QED) is 0.665. The highest BCUT2D eigenvalue weighted by atomic mass is 32.2. The van der Waals surface area contributed by atoms with Crippen molar-refractivity contribution in [1.29, 1.82) is 0 Å². The Morgan fingerprint density at radius 1 is 1.17 bits per heavy atom. The lowest BCUT2D eigenvalue weighted by Gasteiger charge is -2.31. The van der Waals surface area contributed by atoms with Crippen LogP contribution in [-0.2, 0) is 21.4 Å². The average molecular weight is 436 g/mol. The summed E-state index contributed by atoms with van der Waals surface area (Å²) >= 11 is 1.78. The van der Waals surface area contributed by atoms with E-state index in [1.54, 1.807) is 23.5 Å². The van der Waals surface area contributed by atoms with Crippen LogP contribution in [0.4, 0.5) is 5.69 Å². The topological polar surface area (TPSA) is 78.5 Å². The van der Waals surface area contributed by atoms with Gasteiger partial charge in [0.1, 0.15) is 0 Å². The standard InChI is InChI=1S/C21H29N3O3S2/c1-16(2)21(25)23-18-5-7-20(8-6-18)29(26,27)22-14-17-9-11-24(12-10-17)15-19-4-3-13-28-19/h3-8,13,16-17,22H,9-12,14-15H2,1-2H3,(H,23,25). The molecule has 0 saturated carbocycles. The number of sulfonamides is 1. The van der Waals surface area contributed by atoms with Crippen molar-refractivity contribution >= 4 is 33.0 Å². The van der Waals surface area contributed by atoms with Crippen molar-refractivity contribution in [2.45, 2.75) is 38.1 Å². The van der Waals surface area contributed by atoms with Crippen LogP contribution in [-0.4, -0.2) is 38.9 Å². The second-order valence-electron chi connectivity index (χ2n) is 7.82. The zero-order valence-corrected chi connectivity index (χ0v) is 18.6. The van der Waals surface area contributed by atoms with Gasteiger partial charge in [0.25, 0.3) is 0 Å². The van der Waals surface area contributed by atoms with E-state index in [9.17, 15) is 13.2 Å². The van der Waals surface area contributed by atoms with Crippen LogP contribution in [0.1, 0.15) is 31.6 Å². The maximum Gasteiger partial charge on any atom is 0.240 e. The van der Waals surface area contributed by atoms with E-state index in [2.05, 4.69) is 32.5 Å². The summed E-state index contributed by atoms with van der Waals surface area (Å²) in [4.78, 5) is 15.8. The Morgan fingerprint density at radius 2 is 1.86 bits per heavy atom. The van der Waals surface area contributed by atoms with Crippen molar-refractivity contribution in [2.24, 2.45) is 11.8 Å². The first-order valence-electron chi connectivity index (χ1n) is 9.99. The maximum absolute atomic E-state index is 12.6. The Labute approximate surface area is 177 Å². The first kappa shape index (κ1) is 22.0. The van der Waals surface area contributed by atoms with Crippen molar-refractivity contribution in [1.82, 2.24) is 9.62 Å². The second kappa shape index (κ2) is 9.84. The summed E-state index contributed by atoms with van der Waals surface area (Å²) in [5, 5.41) is 4.86. The largest absolute Gasteiger partial charge is 0.326 e. The van der Waals surface area contributed by atoms with Crippen LogP contribution in [0, 0.1) is 11.8 Å². The van der Waals surface area contributed by atoms with Gasteiger partial charge in [0.2, 0.25) is 15.9 Å². The first-order chi connectivity index (χ1) is 13.8. The van der Waals surface area contributed by atoms with Crippen LogP contribution >= 0.6 is 11.3 Å². The van der Waals surface area contributed by atoms with Crippen LogP contribution in [0.2, 0.25) is 0 Å². The Bertz CT molecular complexity index is 886. The van der Waals surface area contributed by atoms with Gasteiger partial charge >= 0.3 is 0 Å². The van der Waals surface area contributed by atoms with Gasteiger partial charge < -0.3 is 5.32 Å². The Balaban J connectivity index is 1.47. The molecule has 1 amide bonds. The first-order valence-corrected chi connectivity index (χ1v) is 12.3. The van der Waals surface area contributed by atoms with E-state index >= 15 is 0 Å². The number of rotatable bonds is 8. The normalized spacial score (nSPS) is 16.2. The molecule has 158 valence electrons. The number of thiophene rings is 1. The van der Waals surface area contributed by atoms with Gasteiger partial charge in [0.15, 0.2) is 0 Å². The fourth-order valence-electron chi connectivity index (χ4n) is 3.29. The Kier molecular flexibility index (Phi) is 7.45. The van der Waals surface area contributed by atoms with Crippen LogP contribution in [0.25, 0.3) is 0 Å². The SMILES string of the molecule is CC(C)C(=O)Nc1ccc(S(=O)(=O)NCC2CCN(Cc3cccs3)CC2)cc1. The molecule has 0 spiro atoms. The van der Waals surface area contributed by atoms with E-state index < -0.39 is 10.0 Å². The van der Waals surface area contributed by atoms with E-state index in [4.69, 9.17) is 0 Å². The van der Waals surface area contributed by atoms with Crippen LogP contribution in [0.3, 0.4) is 0 Å². The lowest BCUT2D eigenvalue weighted by Crippen LogP contribution is -2.38. The molecule has 0 bridgehead atoms. The Morgan fingerprint density at radius 3 is 2.45 bits per heavy atom. The minimum absolute atomic E-state index is 0.0934. The lowest BCUT2D eigenvalue weighted by molar-refractivity contribution is -0.118. The molecule has 3 rings (SSSR count). The zero-order chi connectivity index (χ0) is 20.9. The number of amides is 1. The minimum Gasteiger partial charge on any atom is -0.326 e. The molecule has 1 aromatic carbocycles. The molecule has 1 aliphatic heterocycles. The molecule has 0 radical (unpaired) electrons. The van der Waals surface area contributed by atoms with Gasteiger partial charge in [-0.15, -0.1) is 11.3 Å². The number of hydrogen-bond acceptors (Lipinski definition) is 5. The summed E-state index contributed by atoms with van der Waals surface area (Å²) in [5.41, 5.74) is 0.598. The van der Waals surface area contributed by atoms with Crippen molar-refractivity contribution in [3.63, 3.8) is 0 Å². The van der Waals surface area contributed by atoms with E-state index in [-0.39, 0.29) is 16.7 Å². The Hall–Kier alpha value is -1.74. The average Bonchev–Trinajstić information content (AvgIpc) is 3.21. The molecule has 29 heavy (non-hydrogen) atoms. The van der Waals surface area contributed by atoms with Gasteiger partial charge in [-0.05, 0) is 67.6 Å². The van der Waals surface area contributed by atoms with E-state index in [0.717, 1.165) is 32.5 Å². The van der Waals surface area contributed by atoms with Crippen LogP contribution in [0.5, 0.6) is 0 Å². The van der Waals surface area contributed by atoms with E-state index in [1.807, 2.05) is 13.8 Å². The highest BCUT2D eigenvalue weighted by Crippen LogP contribution is 2.21. The van der Waals surface area contributed by atoms with Crippen LogP contribution in [0.15, 0.2) is 46.7 Å². The fourth-order valence-corrected chi connectivity index (χ4v) is 5.15. The van der Waals surface area contributed by atoms with E-state index in [0.29, 0.717) is 18.2 Å². The van der Waals surface area contributed by atoms with E-state index in [1.165, 1.54) is 17.0 Å². The van der Waals surface area contributed by atoms with Crippen molar-refractivity contribution < 1.29 is 13.2 Å². The predicted molar refractivity (Wildman–Crippen MR) is 117 cm³/mol. The summed E-state index contributed by atoms with van der Waals surface area (Å²) < 4.78 is 27.9. The minimum atomic E-state index is -3.55. The number of benzene rings is 1. The molecule has 1 fully saturated rings. The summed E-state index contributed by atoms with van der Waals surface area (Å²) in [6, 6.07) is 10.5. The number of anilines is 1. The highest BCUT2D eigenvalue weighted by Gasteiger charge is 2.22. The fraction of sp³-hybridized carbons (Fsp3) is 0.476. The smallest absolute Gasteiger partial charge is 0.240 e. The monoisotopic (exact) mass is 435 g/mol. The molecule has 6 nitrogen and oxygen atoms in total. The van der Waals surface area contributed by atoms with Gasteiger partial charge in [-0.1, -0.05) is 19.9 Å². The van der Waals surface area contributed by atoms with Gasteiger partial charge in [0, 0.05) is 29.6 Å². The summed E-state index contributed by atoms with van der Waals surface area (Å²) in [6.07, 6.45) is 1.99. The zero-order valence-electron chi connectivity index (χ0n) is 16.9. The predicted octanol–water partition coefficient (Wildman–Crippen LogP) is 3.53. The molecule has 2 aromatic rings. The summed E-state index contributed by atoms with van der Waals surface area (Å²) in [6.45, 7) is 7.05. The third kappa shape index (κ3) is 6.37. The van der Waals surface area contributed by atoms with Crippen molar-refractivity contribution in [2.75, 3.05) is 25.0 Å². The van der Waals surface area contributed by atoms with Crippen molar-refractivity contribution in [3.8, 4) is 0 Å². The van der Waals surface area contributed by atoms with Gasteiger partial charge in [-0.25, -0.2) is 13.1 Å². The van der Waals surface area contributed by atoms with Crippen molar-refractivity contribution in [3.05, 3.63) is 46.7 Å².